The molecule has 1 aromatic carbocycles. The summed E-state index contributed by atoms with van der Waals surface area (Å²) in [4.78, 5) is 12.2. The number of nitrogens with zero attached hydrogens (tertiary/aromatic N) is 1. The van der Waals surface area contributed by atoms with Gasteiger partial charge in [-0.1, -0.05) is 13.0 Å². The summed E-state index contributed by atoms with van der Waals surface area (Å²) in [5, 5.41) is 6.10. The molecule has 1 aromatic rings. The number of carbonyl (C=O) groups excluding carboxylic acids is 1. The maximum absolute atomic E-state index is 12.9. The van der Waals surface area contributed by atoms with Crippen molar-refractivity contribution in [2.75, 3.05) is 32.7 Å². The van der Waals surface area contributed by atoms with E-state index < -0.39 is 10.0 Å². The Balaban J connectivity index is 1.74. The molecule has 2 heterocycles. The zero-order valence-corrected chi connectivity index (χ0v) is 14.9. The van der Waals surface area contributed by atoms with Gasteiger partial charge in [0.1, 0.15) is 0 Å². The van der Waals surface area contributed by atoms with Crippen molar-refractivity contribution in [1.82, 2.24) is 14.9 Å². The lowest BCUT2D eigenvalue weighted by atomic mass is 9.98. The number of piperidine rings is 1. The maximum atomic E-state index is 12.9. The lowest BCUT2D eigenvalue weighted by molar-refractivity contribution is 0.0945. The van der Waals surface area contributed by atoms with Gasteiger partial charge in [-0.05, 0) is 56.0 Å². The van der Waals surface area contributed by atoms with E-state index in [0.717, 1.165) is 37.9 Å². The summed E-state index contributed by atoms with van der Waals surface area (Å²) < 4.78 is 27.3. The number of hydrogen-bond acceptors (Lipinski definition) is 4. The molecule has 1 amide bonds. The molecule has 0 unspecified atom stereocenters. The summed E-state index contributed by atoms with van der Waals surface area (Å²) in [6.45, 7) is 5.66. The topological polar surface area (TPSA) is 78.5 Å². The zero-order chi connectivity index (χ0) is 17.2. The van der Waals surface area contributed by atoms with E-state index in [4.69, 9.17) is 0 Å². The Morgan fingerprint density at radius 1 is 1.29 bits per heavy atom. The van der Waals surface area contributed by atoms with Crippen LogP contribution in [0.5, 0.6) is 0 Å². The Hall–Kier alpha value is -1.44. The van der Waals surface area contributed by atoms with Crippen molar-refractivity contribution in [1.29, 1.82) is 0 Å². The molecule has 0 aromatic heterocycles. The third-order valence-corrected chi connectivity index (χ3v) is 6.79. The van der Waals surface area contributed by atoms with Crippen LogP contribution in [0, 0.1) is 5.92 Å². The molecule has 0 spiro atoms. The predicted octanol–water partition coefficient (Wildman–Crippen LogP) is 0.983. The van der Waals surface area contributed by atoms with Gasteiger partial charge in [-0.25, -0.2) is 8.42 Å². The third kappa shape index (κ3) is 3.48. The van der Waals surface area contributed by atoms with Gasteiger partial charge in [0.25, 0.3) is 5.91 Å². The Kier molecular flexibility index (Phi) is 5.22. The van der Waals surface area contributed by atoms with Crippen LogP contribution in [0.1, 0.15) is 35.7 Å². The van der Waals surface area contributed by atoms with E-state index in [1.54, 1.807) is 16.4 Å². The van der Waals surface area contributed by atoms with Crippen molar-refractivity contribution < 1.29 is 13.2 Å². The fourth-order valence-electron chi connectivity index (χ4n) is 3.40. The molecule has 1 fully saturated rings. The molecular formula is C17H25N3O3S. The van der Waals surface area contributed by atoms with Gasteiger partial charge in [0.2, 0.25) is 10.0 Å². The van der Waals surface area contributed by atoms with E-state index in [9.17, 15) is 13.2 Å². The molecule has 0 aliphatic carbocycles. The SMILES string of the molecule is CCNCC1CCN(S(=O)(=O)c2ccc3c(c2)C(=O)NCC3)CC1. The van der Waals surface area contributed by atoms with E-state index in [-0.39, 0.29) is 10.8 Å². The Morgan fingerprint density at radius 2 is 2.04 bits per heavy atom. The minimum atomic E-state index is -3.53. The highest BCUT2D eigenvalue weighted by Gasteiger charge is 2.30. The average molecular weight is 351 g/mol. The van der Waals surface area contributed by atoms with Crippen molar-refractivity contribution in [2.24, 2.45) is 5.92 Å². The smallest absolute Gasteiger partial charge is 0.251 e. The molecule has 3 rings (SSSR count). The summed E-state index contributed by atoms with van der Waals surface area (Å²) in [5.41, 5.74) is 1.41. The number of sulfonamides is 1. The van der Waals surface area contributed by atoms with Gasteiger partial charge in [-0.3, -0.25) is 4.79 Å². The molecule has 0 radical (unpaired) electrons. The normalized spacial score (nSPS) is 19.8. The lowest BCUT2D eigenvalue weighted by Gasteiger charge is -2.31. The Labute approximate surface area is 143 Å². The molecule has 0 atom stereocenters. The monoisotopic (exact) mass is 351 g/mol. The van der Waals surface area contributed by atoms with Gasteiger partial charge in [0, 0.05) is 25.2 Å². The van der Waals surface area contributed by atoms with Crippen LogP contribution < -0.4 is 10.6 Å². The highest BCUT2D eigenvalue weighted by molar-refractivity contribution is 7.89. The minimum Gasteiger partial charge on any atom is -0.352 e. The number of carbonyl (C=O) groups is 1. The maximum Gasteiger partial charge on any atom is 0.251 e. The van der Waals surface area contributed by atoms with Gasteiger partial charge in [0.05, 0.1) is 4.90 Å². The second-order valence-electron chi connectivity index (χ2n) is 6.48. The minimum absolute atomic E-state index is 0.183. The van der Waals surface area contributed by atoms with E-state index in [0.29, 0.717) is 31.1 Å². The van der Waals surface area contributed by atoms with E-state index in [1.165, 1.54) is 6.07 Å². The van der Waals surface area contributed by atoms with Crippen molar-refractivity contribution in [3.8, 4) is 0 Å². The summed E-state index contributed by atoms with van der Waals surface area (Å²) in [6, 6.07) is 4.94. The molecule has 132 valence electrons. The molecule has 24 heavy (non-hydrogen) atoms. The second-order valence-corrected chi connectivity index (χ2v) is 8.42. The van der Waals surface area contributed by atoms with Crippen molar-refractivity contribution in [3.05, 3.63) is 29.3 Å². The van der Waals surface area contributed by atoms with E-state index >= 15 is 0 Å². The quantitative estimate of drug-likeness (QED) is 0.829. The van der Waals surface area contributed by atoms with Gasteiger partial charge in [-0.15, -0.1) is 0 Å². The van der Waals surface area contributed by atoms with E-state index in [1.807, 2.05) is 0 Å². The van der Waals surface area contributed by atoms with Crippen LogP contribution in [0.15, 0.2) is 23.1 Å². The fourth-order valence-corrected chi connectivity index (χ4v) is 4.90. The molecule has 1 saturated heterocycles. The molecule has 2 aliphatic rings. The first-order chi connectivity index (χ1) is 11.5. The van der Waals surface area contributed by atoms with E-state index in [2.05, 4.69) is 17.6 Å². The van der Waals surface area contributed by atoms with Crippen LogP contribution >= 0.6 is 0 Å². The lowest BCUT2D eigenvalue weighted by Crippen LogP contribution is -2.41. The van der Waals surface area contributed by atoms with Crippen LogP contribution in [0.4, 0.5) is 0 Å². The average Bonchev–Trinajstić information content (AvgIpc) is 2.60. The summed E-state index contributed by atoms with van der Waals surface area (Å²) >= 11 is 0. The first-order valence-corrected chi connectivity index (χ1v) is 10.1. The number of fused-ring (bicyclic) bond motifs is 1. The van der Waals surface area contributed by atoms with Crippen molar-refractivity contribution in [2.45, 2.75) is 31.1 Å². The van der Waals surface area contributed by atoms with Crippen molar-refractivity contribution >= 4 is 15.9 Å². The molecule has 2 aliphatic heterocycles. The number of benzene rings is 1. The van der Waals surface area contributed by atoms with Gasteiger partial charge < -0.3 is 10.6 Å². The predicted molar refractivity (Wildman–Crippen MR) is 92.5 cm³/mol. The van der Waals surface area contributed by atoms with Crippen LogP contribution in [0.3, 0.4) is 0 Å². The Bertz CT molecular complexity index is 710. The van der Waals surface area contributed by atoms with Crippen molar-refractivity contribution in [3.63, 3.8) is 0 Å². The molecule has 7 heteroatoms. The number of amides is 1. The van der Waals surface area contributed by atoms with Gasteiger partial charge in [-0.2, -0.15) is 4.31 Å². The summed E-state index contributed by atoms with van der Waals surface area (Å²) in [5.74, 6) is 0.350. The number of nitrogens with one attached hydrogen (secondary N) is 2. The fraction of sp³-hybridized carbons (Fsp3) is 0.588. The van der Waals surface area contributed by atoms with Crippen LogP contribution in [0.2, 0.25) is 0 Å². The summed E-state index contributed by atoms with van der Waals surface area (Å²) in [7, 11) is -3.53. The molecule has 6 nitrogen and oxygen atoms in total. The van der Waals surface area contributed by atoms with Gasteiger partial charge in [0.15, 0.2) is 0 Å². The number of rotatable bonds is 5. The molecular weight excluding hydrogens is 326 g/mol. The highest BCUT2D eigenvalue weighted by Crippen LogP contribution is 2.26. The first kappa shape index (κ1) is 17.4. The Morgan fingerprint density at radius 3 is 2.75 bits per heavy atom. The molecule has 2 N–H and O–H groups in total. The summed E-state index contributed by atoms with van der Waals surface area (Å²) in [6.07, 6.45) is 2.49. The standard InChI is InChI=1S/C17H25N3O3S/c1-2-18-12-13-6-9-20(10-7-13)24(22,23)15-4-3-14-5-8-19-17(21)16(14)11-15/h3-4,11,13,18H,2,5-10,12H2,1H3,(H,19,21). The van der Waals surface area contributed by atoms with Crippen LogP contribution in [0.25, 0.3) is 0 Å². The second kappa shape index (κ2) is 7.21. The van der Waals surface area contributed by atoms with Crippen LogP contribution in [-0.2, 0) is 16.4 Å². The third-order valence-electron chi connectivity index (χ3n) is 4.90. The van der Waals surface area contributed by atoms with Crippen LogP contribution in [-0.4, -0.2) is 51.4 Å². The highest BCUT2D eigenvalue weighted by atomic mass is 32.2. The number of hydrogen-bond donors (Lipinski definition) is 2. The first-order valence-electron chi connectivity index (χ1n) is 8.64. The zero-order valence-electron chi connectivity index (χ0n) is 14.0. The largest absolute Gasteiger partial charge is 0.352 e. The van der Waals surface area contributed by atoms with Gasteiger partial charge >= 0.3 is 0 Å². The molecule has 0 saturated carbocycles. The molecule has 0 bridgehead atoms.